The first kappa shape index (κ1) is 25.7. The maximum Gasteiger partial charge on any atom is 0.331 e. The predicted molar refractivity (Wildman–Crippen MR) is 118 cm³/mol. The standard InChI is InChI=1S/C24H30O11/c1-23(35-16(27)8-7-13-5-3-2-4-6-13)11-15(26)24(31)9-10-32-22(20(23)24)34-21-19(30)18(29)17(28)14(12-25)33-21/h2-10,14-15,17-22,25-26,28-31H,11-12H2,1H3/t14-,15+,17-,18+,19-,20+,21+,22-,23-,24+/m0/s1. The Morgan fingerprint density at radius 2 is 1.83 bits per heavy atom. The van der Waals surface area contributed by atoms with Gasteiger partial charge in [0.15, 0.2) is 6.29 Å². The molecular formula is C24H30O11. The third-order valence-corrected chi connectivity index (χ3v) is 6.77. The Bertz CT molecular complexity index is 950. The van der Waals surface area contributed by atoms with Crippen LogP contribution < -0.4 is 0 Å². The number of hydrogen-bond donors (Lipinski definition) is 6. The lowest BCUT2D eigenvalue weighted by molar-refractivity contribution is -0.351. The molecule has 2 heterocycles. The van der Waals surface area contributed by atoms with Crippen molar-refractivity contribution in [1.29, 1.82) is 0 Å². The average Bonchev–Trinajstić information content (AvgIpc) is 3.03. The zero-order valence-corrected chi connectivity index (χ0v) is 19.0. The zero-order valence-electron chi connectivity index (χ0n) is 19.0. The maximum absolute atomic E-state index is 12.6. The van der Waals surface area contributed by atoms with Gasteiger partial charge < -0.3 is 49.6 Å². The second kappa shape index (κ2) is 9.96. The van der Waals surface area contributed by atoms with Crippen molar-refractivity contribution >= 4 is 12.0 Å². The van der Waals surface area contributed by atoms with E-state index < -0.39 is 72.8 Å². The van der Waals surface area contributed by atoms with Crippen LogP contribution in [0.15, 0.2) is 48.7 Å². The number of fused-ring (bicyclic) bond motifs is 1. The lowest BCUT2D eigenvalue weighted by atomic mass is 9.81. The maximum atomic E-state index is 12.6. The first-order chi connectivity index (χ1) is 16.6. The van der Waals surface area contributed by atoms with Gasteiger partial charge in [0.1, 0.15) is 35.6 Å². The number of ether oxygens (including phenoxy) is 4. The molecule has 10 atom stereocenters. The van der Waals surface area contributed by atoms with E-state index in [0.717, 1.165) is 11.8 Å². The van der Waals surface area contributed by atoms with Crippen LogP contribution >= 0.6 is 0 Å². The predicted octanol–water partition coefficient (Wildman–Crippen LogP) is -1.20. The fraction of sp³-hybridized carbons (Fsp3) is 0.542. The fourth-order valence-electron chi connectivity index (χ4n) is 4.92. The third kappa shape index (κ3) is 4.86. The minimum Gasteiger partial charge on any atom is -0.472 e. The van der Waals surface area contributed by atoms with E-state index in [-0.39, 0.29) is 6.42 Å². The van der Waals surface area contributed by atoms with E-state index in [9.17, 15) is 35.4 Å². The van der Waals surface area contributed by atoms with Crippen molar-refractivity contribution in [3.63, 3.8) is 0 Å². The molecule has 0 unspecified atom stereocenters. The Morgan fingerprint density at radius 3 is 2.51 bits per heavy atom. The molecule has 11 nitrogen and oxygen atoms in total. The Kier molecular flexibility index (Phi) is 7.32. The number of hydrogen-bond acceptors (Lipinski definition) is 11. The molecule has 1 saturated carbocycles. The van der Waals surface area contributed by atoms with Gasteiger partial charge in [0.2, 0.25) is 6.29 Å². The van der Waals surface area contributed by atoms with Crippen LogP contribution in [0.1, 0.15) is 18.9 Å². The highest BCUT2D eigenvalue weighted by atomic mass is 16.8. The Labute approximate surface area is 201 Å². The summed E-state index contributed by atoms with van der Waals surface area (Å²) in [6, 6.07) is 9.06. The second-order valence-electron chi connectivity index (χ2n) is 9.20. The van der Waals surface area contributed by atoms with Gasteiger partial charge in [-0.25, -0.2) is 4.79 Å². The highest BCUT2D eigenvalue weighted by Crippen LogP contribution is 2.51. The summed E-state index contributed by atoms with van der Waals surface area (Å²) < 4.78 is 22.3. The third-order valence-electron chi connectivity index (χ3n) is 6.77. The number of carbonyl (C=O) groups excluding carboxylic acids is 1. The van der Waals surface area contributed by atoms with Crippen LogP contribution in [0.4, 0.5) is 0 Å². The van der Waals surface area contributed by atoms with Gasteiger partial charge in [-0.2, -0.15) is 0 Å². The molecule has 4 rings (SSSR count). The molecule has 0 spiro atoms. The summed E-state index contributed by atoms with van der Waals surface area (Å²) >= 11 is 0. The van der Waals surface area contributed by atoms with Crippen molar-refractivity contribution in [1.82, 2.24) is 0 Å². The Hall–Kier alpha value is -2.35. The van der Waals surface area contributed by atoms with E-state index in [4.69, 9.17) is 18.9 Å². The van der Waals surface area contributed by atoms with Gasteiger partial charge in [0, 0.05) is 12.5 Å². The lowest BCUT2D eigenvalue weighted by Crippen LogP contribution is -2.62. The number of aliphatic hydroxyl groups excluding tert-OH is 5. The van der Waals surface area contributed by atoms with Crippen molar-refractivity contribution in [2.75, 3.05) is 6.61 Å². The fourth-order valence-corrected chi connectivity index (χ4v) is 4.92. The van der Waals surface area contributed by atoms with Gasteiger partial charge >= 0.3 is 5.97 Å². The molecule has 2 fully saturated rings. The van der Waals surface area contributed by atoms with E-state index in [2.05, 4.69) is 0 Å². The molecule has 1 saturated heterocycles. The van der Waals surface area contributed by atoms with E-state index in [1.54, 1.807) is 18.2 Å². The molecule has 0 bridgehead atoms. The van der Waals surface area contributed by atoms with Crippen LogP contribution in [0.2, 0.25) is 0 Å². The van der Waals surface area contributed by atoms with Crippen LogP contribution in [0.5, 0.6) is 0 Å². The molecule has 1 aromatic rings. The highest BCUT2D eigenvalue weighted by Gasteiger charge is 2.66. The summed E-state index contributed by atoms with van der Waals surface area (Å²) in [5.41, 5.74) is -2.62. The van der Waals surface area contributed by atoms with Crippen molar-refractivity contribution < 1.29 is 54.4 Å². The molecular weight excluding hydrogens is 464 g/mol. The zero-order chi connectivity index (χ0) is 25.4. The normalized spacial score (nSPS) is 43.1. The van der Waals surface area contributed by atoms with E-state index in [1.165, 1.54) is 19.1 Å². The summed E-state index contributed by atoms with van der Waals surface area (Å²) in [4.78, 5) is 12.6. The van der Waals surface area contributed by atoms with Crippen LogP contribution in [-0.4, -0.2) is 97.5 Å². The molecule has 0 radical (unpaired) electrons. The largest absolute Gasteiger partial charge is 0.472 e. The molecule has 11 heteroatoms. The van der Waals surface area contributed by atoms with E-state index in [0.29, 0.717) is 0 Å². The van der Waals surface area contributed by atoms with E-state index in [1.807, 2.05) is 18.2 Å². The Morgan fingerprint density at radius 1 is 1.11 bits per heavy atom. The number of aliphatic hydroxyl groups is 6. The van der Waals surface area contributed by atoms with Crippen molar-refractivity contribution in [3.8, 4) is 0 Å². The quantitative estimate of drug-likeness (QED) is 0.207. The molecule has 0 amide bonds. The van der Waals surface area contributed by atoms with E-state index >= 15 is 0 Å². The van der Waals surface area contributed by atoms with Crippen molar-refractivity contribution in [2.45, 2.75) is 67.6 Å². The van der Waals surface area contributed by atoms with Crippen LogP contribution in [0, 0.1) is 5.92 Å². The molecule has 0 aromatic heterocycles. The molecule has 1 aliphatic carbocycles. The summed E-state index contributed by atoms with van der Waals surface area (Å²) in [5.74, 6) is -1.90. The number of benzene rings is 1. The molecule has 192 valence electrons. The monoisotopic (exact) mass is 494 g/mol. The molecule has 3 aliphatic rings. The van der Waals surface area contributed by atoms with Gasteiger partial charge in [-0.05, 0) is 24.6 Å². The van der Waals surface area contributed by atoms with Gasteiger partial charge in [-0.3, -0.25) is 0 Å². The topological polar surface area (TPSA) is 175 Å². The van der Waals surface area contributed by atoms with Crippen molar-refractivity contribution in [2.24, 2.45) is 5.92 Å². The summed E-state index contributed by atoms with van der Waals surface area (Å²) in [6.07, 6.45) is -5.57. The van der Waals surface area contributed by atoms with Crippen LogP contribution in [0.25, 0.3) is 6.08 Å². The molecule has 1 aromatic carbocycles. The number of esters is 1. The minimum absolute atomic E-state index is 0.151. The average molecular weight is 494 g/mol. The summed E-state index contributed by atoms with van der Waals surface area (Å²) in [7, 11) is 0. The highest BCUT2D eigenvalue weighted by molar-refractivity contribution is 5.87. The van der Waals surface area contributed by atoms with Gasteiger partial charge in [0.05, 0.1) is 24.9 Å². The lowest BCUT2D eigenvalue weighted by Gasteiger charge is -2.45. The van der Waals surface area contributed by atoms with Gasteiger partial charge in [-0.1, -0.05) is 30.3 Å². The van der Waals surface area contributed by atoms with Gasteiger partial charge in [0.25, 0.3) is 0 Å². The van der Waals surface area contributed by atoms with Crippen molar-refractivity contribution in [3.05, 3.63) is 54.3 Å². The van der Waals surface area contributed by atoms with Crippen LogP contribution in [-0.2, 0) is 23.7 Å². The number of carbonyl (C=O) groups is 1. The summed E-state index contributed by atoms with van der Waals surface area (Å²) in [6.45, 7) is 0.852. The Balaban J connectivity index is 1.55. The first-order valence-electron chi connectivity index (χ1n) is 11.2. The van der Waals surface area contributed by atoms with Gasteiger partial charge in [-0.15, -0.1) is 0 Å². The second-order valence-corrected chi connectivity index (χ2v) is 9.20. The number of rotatable bonds is 6. The van der Waals surface area contributed by atoms with Crippen LogP contribution in [0.3, 0.4) is 0 Å². The molecule has 35 heavy (non-hydrogen) atoms. The first-order valence-corrected chi connectivity index (χ1v) is 11.2. The minimum atomic E-state index is -1.91. The smallest absolute Gasteiger partial charge is 0.331 e. The summed E-state index contributed by atoms with van der Waals surface area (Å²) in [5, 5.41) is 61.7. The SMILES string of the molecule is C[C@]1(OC(=O)C=Cc2ccccc2)C[C@@H](O)[C@]2(O)C=CO[C@@H](O[C@H]3O[C@@H](CO)[C@H](O)[C@@H](O)[C@@H]3O)[C@@H]21. The molecule has 2 aliphatic heterocycles. The molecule has 6 N–H and O–H groups in total.